The van der Waals surface area contributed by atoms with Crippen molar-refractivity contribution in [1.29, 1.82) is 0 Å². The minimum absolute atomic E-state index is 0.146. The van der Waals surface area contributed by atoms with Gasteiger partial charge in [-0.05, 0) is 43.2 Å². The summed E-state index contributed by atoms with van der Waals surface area (Å²) in [5, 5.41) is 0. The van der Waals surface area contributed by atoms with Gasteiger partial charge in [-0.15, -0.1) is 0 Å². The van der Waals surface area contributed by atoms with Crippen LogP contribution in [0.25, 0.3) is 11.0 Å². The Morgan fingerprint density at radius 3 is 2.71 bits per heavy atom. The molecule has 0 aliphatic heterocycles. The maximum absolute atomic E-state index is 13.0. The summed E-state index contributed by atoms with van der Waals surface area (Å²) < 4.78 is 10.8. The summed E-state index contributed by atoms with van der Waals surface area (Å²) in [5.74, 6) is 2.54. The molecule has 146 valence electrons. The van der Waals surface area contributed by atoms with Crippen LogP contribution in [0.15, 0.2) is 42.5 Å². The fourth-order valence-corrected chi connectivity index (χ4v) is 3.49. The van der Waals surface area contributed by atoms with E-state index in [4.69, 9.17) is 9.47 Å². The first-order valence-electron chi connectivity index (χ1n) is 9.62. The summed E-state index contributed by atoms with van der Waals surface area (Å²) in [6, 6.07) is 13.9. The number of aromatic amines is 1. The zero-order chi connectivity index (χ0) is 19.5. The van der Waals surface area contributed by atoms with E-state index < -0.39 is 0 Å². The Morgan fingerprint density at radius 2 is 2.00 bits per heavy atom. The van der Waals surface area contributed by atoms with E-state index in [1.165, 1.54) is 0 Å². The van der Waals surface area contributed by atoms with Gasteiger partial charge in [-0.3, -0.25) is 4.79 Å². The number of rotatable bonds is 8. The minimum Gasteiger partial charge on any atom is -0.497 e. The van der Waals surface area contributed by atoms with Crippen molar-refractivity contribution in [2.75, 3.05) is 14.2 Å². The molecule has 4 rings (SSSR count). The molecule has 28 heavy (non-hydrogen) atoms. The zero-order valence-corrected chi connectivity index (χ0v) is 16.3. The van der Waals surface area contributed by atoms with Crippen molar-refractivity contribution in [2.24, 2.45) is 0 Å². The molecular weight excluding hydrogens is 354 g/mol. The second-order valence-corrected chi connectivity index (χ2v) is 7.13. The van der Waals surface area contributed by atoms with Crippen LogP contribution in [-0.4, -0.2) is 41.0 Å². The van der Waals surface area contributed by atoms with Crippen molar-refractivity contribution in [3.05, 3.63) is 53.9 Å². The molecule has 6 nitrogen and oxygen atoms in total. The lowest BCUT2D eigenvalue weighted by Crippen LogP contribution is -2.33. The number of carbonyl (C=O) groups is 1. The fourth-order valence-electron chi connectivity index (χ4n) is 3.49. The maximum Gasteiger partial charge on any atom is 0.223 e. The molecule has 0 unspecified atom stereocenters. The van der Waals surface area contributed by atoms with E-state index in [9.17, 15) is 4.79 Å². The molecule has 2 aromatic carbocycles. The minimum atomic E-state index is 0.146. The summed E-state index contributed by atoms with van der Waals surface area (Å²) in [7, 11) is 3.29. The first-order valence-corrected chi connectivity index (χ1v) is 9.62. The Kier molecular flexibility index (Phi) is 5.19. The number of imidazole rings is 1. The third kappa shape index (κ3) is 3.96. The Hall–Kier alpha value is -3.02. The topological polar surface area (TPSA) is 67.5 Å². The Morgan fingerprint density at radius 1 is 1.18 bits per heavy atom. The lowest BCUT2D eigenvalue weighted by Gasteiger charge is -2.24. The van der Waals surface area contributed by atoms with Crippen molar-refractivity contribution in [3.8, 4) is 11.5 Å². The van der Waals surface area contributed by atoms with Crippen LogP contribution in [-0.2, 0) is 17.8 Å². The Labute approximate surface area is 164 Å². The average Bonchev–Trinajstić information content (AvgIpc) is 3.48. The normalized spacial score (nSPS) is 13.5. The fraction of sp³-hybridized carbons (Fsp3) is 0.364. The van der Waals surface area contributed by atoms with Gasteiger partial charge in [-0.1, -0.05) is 12.1 Å². The zero-order valence-electron chi connectivity index (χ0n) is 16.3. The van der Waals surface area contributed by atoms with E-state index in [2.05, 4.69) is 9.97 Å². The maximum atomic E-state index is 13.0. The van der Waals surface area contributed by atoms with E-state index in [0.29, 0.717) is 25.4 Å². The number of ether oxygens (including phenoxy) is 2. The van der Waals surface area contributed by atoms with Gasteiger partial charge in [0.25, 0.3) is 0 Å². The van der Waals surface area contributed by atoms with E-state index in [1.54, 1.807) is 14.2 Å². The highest BCUT2D eigenvalue weighted by Crippen LogP contribution is 2.32. The molecule has 1 aliphatic carbocycles. The number of benzene rings is 2. The quantitative estimate of drug-likeness (QED) is 0.648. The molecule has 3 aromatic rings. The van der Waals surface area contributed by atoms with Gasteiger partial charge in [0.15, 0.2) is 0 Å². The average molecular weight is 379 g/mol. The van der Waals surface area contributed by atoms with Crippen LogP contribution in [0, 0.1) is 0 Å². The lowest BCUT2D eigenvalue weighted by molar-refractivity contribution is -0.132. The van der Waals surface area contributed by atoms with Crippen molar-refractivity contribution in [3.63, 3.8) is 0 Å². The molecule has 1 saturated carbocycles. The van der Waals surface area contributed by atoms with Crippen LogP contribution in [0.5, 0.6) is 11.5 Å². The lowest BCUT2D eigenvalue weighted by atomic mass is 10.1. The Balaban J connectivity index is 1.46. The van der Waals surface area contributed by atoms with Crippen molar-refractivity contribution >= 4 is 16.9 Å². The molecule has 1 heterocycles. The standard InChI is InChI=1S/C22H25N3O3/c1-27-17-9-10-20(28-2)15(13-17)14-25(16-7-8-16)22(26)12-11-21-23-18-5-3-4-6-19(18)24-21/h3-6,9-10,13,16H,7-8,11-12,14H2,1-2H3,(H,23,24). The number of amides is 1. The number of H-pyrrole nitrogens is 1. The molecule has 0 atom stereocenters. The first-order chi connectivity index (χ1) is 13.7. The summed E-state index contributed by atoms with van der Waals surface area (Å²) in [4.78, 5) is 22.8. The van der Waals surface area contributed by atoms with Gasteiger partial charge in [0.1, 0.15) is 17.3 Å². The van der Waals surface area contributed by atoms with Gasteiger partial charge in [-0.25, -0.2) is 4.98 Å². The number of para-hydroxylation sites is 2. The van der Waals surface area contributed by atoms with Crippen LogP contribution in [0.4, 0.5) is 0 Å². The van der Waals surface area contributed by atoms with Crippen LogP contribution in [0.3, 0.4) is 0 Å². The predicted octanol–water partition coefficient (Wildman–Crippen LogP) is 3.70. The molecule has 0 radical (unpaired) electrons. The molecule has 1 aromatic heterocycles. The van der Waals surface area contributed by atoms with Crippen LogP contribution < -0.4 is 9.47 Å². The molecule has 0 saturated heterocycles. The van der Waals surface area contributed by atoms with Crippen LogP contribution in [0.2, 0.25) is 0 Å². The predicted molar refractivity (Wildman–Crippen MR) is 108 cm³/mol. The molecule has 1 fully saturated rings. The van der Waals surface area contributed by atoms with Crippen LogP contribution in [0.1, 0.15) is 30.7 Å². The number of nitrogens with zero attached hydrogens (tertiary/aromatic N) is 2. The number of carbonyl (C=O) groups excluding carboxylic acids is 1. The number of fused-ring (bicyclic) bond motifs is 1. The van der Waals surface area contributed by atoms with Gasteiger partial charge >= 0.3 is 0 Å². The number of methoxy groups -OCH3 is 2. The molecular formula is C22H25N3O3. The Bertz CT molecular complexity index is 945. The summed E-state index contributed by atoms with van der Waals surface area (Å²) in [6.07, 6.45) is 3.15. The molecule has 6 heteroatoms. The number of aromatic nitrogens is 2. The smallest absolute Gasteiger partial charge is 0.223 e. The third-order valence-corrected chi connectivity index (χ3v) is 5.15. The SMILES string of the molecule is COc1ccc(OC)c(CN(C(=O)CCc2nc3ccccc3[nH]2)C2CC2)c1. The molecule has 1 amide bonds. The largest absolute Gasteiger partial charge is 0.497 e. The van der Waals surface area contributed by atoms with Gasteiger partial charge in [0, 0.05) is 31.0 Å². The summed E-state index contributed by atoms with van der Waals surface area (Å²) >= 11 is 0. The van der Waals surface area contributed by atoms with Crippen molar-refractivity contribution in [2.45, 2.75) is 38.3 Å². The third-order valence-electron chi connectivity index (χ3n) is 5.15. The molecule has 1 aliphatic rings. The second kappa shape index (κ2) is 7.92. The molecule has 0 bridgehead atoms. The van der Waals surface area contributed by atoms with Gasteiger partial charge in [0.05, 0.1) is 25.3 Å². The first kappa shape index (κ1) is 18.3. The van der Waals surface area contributed by atoms with E-state index >= 15 is 0 Å². The van der Waals surface area contributed by atoms with Crippen molar-refractivity contribution in [1.82, 2.24) is 14.9 Å². The summed E-state index contributed by atoms with van der Waals surface area (Å²) in [6.45, 7) is 0.532. The van der Waals surface area contributed by atoms with Gasteiger partial charge in [-0.2, -0.15) is 0 Å². The number of hydrogen-bond acceptors (Lipinski definition) is 4. The van der Waals surface area contributed by atoms with E-state index in [-0.39, 0.29) is 5.91 Å². The number of hydrogen-bond donors (Lipinski definition) is 1. The molecule has 0 spiro atoms. The van der Waals surface area contributed by atoms with Gasteiger partial charge < -0.3 is 19.4 Å². The summed E-state index contributed by atoms with van der Waals surface area (Å²) in [5.41, 5.74) is 2.90. The number of nitrogens with one attached hydrogen (secondary N) is 1. The monoisotopic (exact) mass is 379 g/mol. The highest BCUT2D eigenvalue weighted by Gasteiger charge is 2.33. The van der Waals surface area contributed by atoms with Crippen molar-refractivity contribution < 1.29 is 14.3 Å². The number of aryl methyl sites for hydroxylation is 1. The van der Waals surface area contributed by atoms with Gasteiger partial charge in [0.2, 0.25) is 5.91 Å². The highest BCUT2D eigenvalue weighted by atomic mass is 16.5. The van der Waals surface area contributed by atoms with E-state index in [1.807, 2.05) is 47.4 Å². The second-order valence-electron chi connectivity index (χ2n) is 7.13. The highest BCUT2D eigenvalue weighted by molar-refractivity contribution is 5.78. The van der Waals surface area contributed by atoms with Crippen LogP contribution >= 0.6 is 0 Å². The van der Waals surface area contributed by atoms with E-state index in [0.717, 1.165) is 46.8 Å². The molecule has 1 N–H and O–H groups in total.